The van der Waals surface area contributed by atoms with Gasteiger partial charge in [0.2, 0.25) is 0 Å². The van der Waals surface area contributed by atoms with Crippen molar-refractivity contribution in [3.63, 3.8) is 0 Å². The summed E-state index contributed by atoms with van der Waals surface area (Å²) < 4.78 is 0. The molecule has 2 aromatic rings. The summed E-state index contributed by atoms with van der Waals surface area (Å²) >= 11 is 0. The fourth-order valence-corrected chi connectivity index (χ4v) is 1.56. The molecule has 136 valence electrons. The Morgan fingerprint density at radius 3 is 1.88 bits per heavy atom. The summed E-state index contributed by atoms with van der Waals surface area (Å²) in [5.41, 5.74) is 5.74. The Morgan fingerprint density at radius 1 is 0.960 bits per heavy atom. The quantitative estimate of drug-likeness (QED) is 0.470. The van der Waals surface area contributed by atoms with Gasteiger partial charge in [0.05, 0.1) is 19.5 Å². The van der Waals surface area contributed by atoms with Crippen molar-refractivity contribution in [2.24, 2.45) is 0 Å². The third kappa shape index (κ3) is 12.6. The van der Waals surface area contributed by atoms with E-state index < -0.39 is 0 Å². The van der Waals surface area contributed by atoms with Gasteiger partial charge >= 0.3 is 0 Å². The number of nitrogens with zero attached hydrogens (tertiary/aromatic N) is 1. The number of anilines is 2. The average Bonchev–Trinajstić information content (AvgIpc) is 2.63. The summed E-state index contributed by atoms with van der Waals surface area (Å²) in [5, 5.41) is 3.27. The number of nitrogens with one attached hydrogen (secondary N) is 2. The largest absolute Gasteiger partial charge is 0.372 e. The van der Waals surface area contributed by atoms with Crippen molar-refractivity contribution in [2.45, 2.75) is 20.3 Å². The molecule has 25 heavy (non-hydrogen) atoms. The third-order valence-electron chi connectivity index (χ3n) is 2.64. The number of hydrogen-bond acceptors (Lipinski definition) is 4. The standard InChI is InChI=1S/C10H17N3O.C8H6.C3H8/c1-13(2)8-11-9-4-6-10(7-5-9)12-14-3;1-2-8-6-4-3-5-7-8;1-3-2/h4-7,11-12H,8H2,1-3H3;1,3-7H;3H2,1-2H3. The van der Waals surface area contributed by atoms with Gasteiger partial charge in [0.15, 0.2) is 0 Å². The zero-order chi connectivity index (χ0) is 18.9. The minimum absolute atomic E-state index is 0.830. The van der Waals surface area contributed by atoms with Gasteiger partial charge in [0.1, 0.15) is 0 Å². The first-order valence-corrected chi connectivity index (χ1v) is 8.36. The molecule has 0 amide bonds. The average molecular weight is 341 g/mol. The van der Waals surface area contributed by atoms with Crippen LogP contribution >= 0.6 is 0 Å². The van der Waals surface area contributed by atoms with Gasteiger partial charge in [-0.3, -0.25) is 15.2 Å². The maximum absolute atomic E-state index is 5.10. The molecule has 2 rings (SSSR count). The molecule has 2 N–H and O–H groups in total. The van der Waals surface area contributed by atoms with Gasteiger partial charge in [-0.2, -0.15) is 0 Å². The fourth-order valence-electron chi connectivity index (χ4n) is 1.56. The maximum atomic E-state index is 5.10. The van der Waals surface area contributed by atoms with Gasteiger partial charge in [-0.25, -0.2) is 0 Å². The van der Waals surface area contributed by atoms with Crippen LogP contribution in [0.5, 0.6) is 0 Å². The van der Waals surface area contributed by atoms with Gasteiger partial charge in [-0.05, 0) is 50.5 Å². The molecule has 0 saturated heterocycles. The summed E-state index contributed by atoms with van der Waals surface area (Å²) in [5.74, 6) is 2.53. The molecule has 0 aromatic heterocycles. The topological polar surface area (TPSA) is 36.5 Å². The van der Waals surface area contributed by atoms with E-state index in [2.05, 4.69) is 35.5 Å². The molecule has 4 heteroatoms. The number of hydrogen-bond donors (Lipinski definition) is 2. The Balaban J connectivity index is 0.000000440. The van der Waals surface area contributed by atoms with E-state index >= 15 is 0 Å². The normalized spacial score (nSPS) is 9.00. The first kappa shape index (κ1) is 22.5. The minimum Gasteiger partial charge on any atom is -0.372 e. The van der Waals surface area contributed by atoms with Crippen molar-refractivity contribution in [2.75, 3.05) is 38.7 Å². The van der Waals surface area contributed by atoms with Crippen molar-refractivity contribution < 1.29 is 4.84 Å². The molecule has 0 aliphatic heterocycles. The van der Waals surface area contributed by atoms with E-state index in [0.29, 0.717) is 0 Å². The molecule has 0 aliphatic rings. The summed E-state index contributed by atoms with van der Waals surface area (Å²) in [7, 11) is 5.64. The zero-order valence-corrected chi connectivity index (χ0v) is 16.0. The van der Waals surface area contributed by atoms with Gasteiger partial charge < -0.3 is 5.32 Å². The van der Waals surface area contributed by atoms with E-state index in [1.165, 1.54) is 6.42 Å². The molecule has 0 aliphatic carbocycles. The van der Waals surface area contributed by atoms with Crippen molar-refractivity contribution >= 4 is 11.4 Å². The van der Waals surface area contributed by atoms with Crippen molar-refractivity contribution in [3.8, 4) is 12.3 Å². The van der Waals surface area contributed by atoms with Crippen LogP contribution in [0, 0.1) is 12.3 Å². The highest BCUT2D eigenvalue weighted by Gasteiger charge is 1.93. The molecule has 0 bridgehead atoms. The Bertz CT molecular complexity index is 574. The number of rotatable bonds is 5. The lowest BCUT2D eigenvalue weighted by atomic mass is 10.2. The van der Waals surface area contributed by atoms with E-state index in [-0.39, 0.29) is 0 Å². The monoisotopic (exact) mass is 341 g/mol. The summed E-state index contributed by atoms with van der Waals surface area (Å²) in [4.78, 5) is 6.86. The van der Waals surface area contributed by atoms with Gasteiger partial charge in [0.25, 0.3) is 0 Å². The molecule has 0 unspecified atom stereocenters. The SMILES string of the molecule is C#Cc1ccccc1.CCC.CONc1ccc(NCN(C)C)cc1. The molecule has 4 nitrogen and oxygen atoms in total. The molecule has 0 saturated carbocycles. The van der Waals surface area contributed by atoms with Gasteiger partial charge in [-0.1, -0.05) is 44.4 Å². The van der Waals surface area contributed by atoms with E-state index in [1.807, 2.05) is 68.7 Å². The molecule has 0 atom stereocenters. The van der Waals surface area contributed by atoms with Crippen LogP contribution in [0.2, 0.25) is 0 Å². The zero-order valence-electron chi connectivity index (χ0n) is 16.0. The predicted molar refractivity (Wildman–Crippen MR) is 110 cm³/mol. The Labute approximate surface area is 153 Å². The summed E-state index contributed by atoms with van der Waals surface area (Å²) in [6, 6.07) is 17.5. The molecular formula is C21H31N3O. The van der Waals surface area contributed by atoms with Gasteiger partial charge in [0, 0.05) is 11.3 Å². The summed E-state index contributed by atoms with van der Waals surface area (Å²) in [6.07, 6.45) is 6.35. The second-order valence-electron chi connectivity index (χ2n) is 5.52. The molecular weight excluding hydrogens is 310 g/mol. The Kier molecular flexibility index (Phi) is 13.6. The van der Waals surface area contributed by atoms with Gasteiger partial charge in [-0.15, -0.1) is 6.42 Å². The van der Waals surface area contributed by atoms with Crippen LogP contribution in [-0.4, -0.2) is 32.8 Å². The molecule has 2 aromatic carbocycles. The van der Waals surface area contributed by atoms with E-state index in [4.69, 9.17) is 11.3 Å². The fraction of sp³-hybridized carbons (Fsp3) is 0.333. The highest BCUT2D eigenvalue weighted by atomic mass is 16.6. The van der Waals surface area contributed by atoms with Crippen molar-refractivity contribution in [3.05, 3.63) is 60.2 Å². The Hall–Kier alpha value is -2.48. The minimum atomic E-state index is 0.830. The lowest BCUT2D eigenvalue weighted by Gasteiger charge is -2.12. The van der Waals surface area contributed by atoms with Crippen molar-refractivity contribution in [1.82, 2.24) is 4.90 Å². The van der Waals surface area contributed by atoms with Crippen LogP contribution in [0.3, 0.4) is 0 Å². The second-order valence-corrected chi connectivity index (χ2v) is 5.52. The summed E-state index contributed by atoms with van der Waals surface area (Å²) in [6.45, 7) is 5.08. The number of benzene rings is 2. The highest BCUT2D eigenvalue weighted by molar-refractivity contribution is 5.52. The highest BCUT2D eigenvalue weighted by Crippen LogP contribution is 2.12. The van der Waals surface area contributed by atoms with Crippen LogP contribution in [0.15, 0.2) is 54.6 Å². The third-order valence-corrected chi connectivity index (χ3v) is 2.64. The smallest absolute Gasteiger partial charge is 0.0673 e. The lowest BCUT2D eigenvalue weighted by molar-refractivity contribution is 0.271. The molecule has 0 radical (unpaired) electrons. The van der Waals surface area contributed by atoms with Crippen LogP contribution in [0.4, 0.5) is 11.4 Å². The van der Waals surface area contributed by atoms with Crippen LogP contribution in [0.25, 0.3) is 0 Å². The molecule has 0 spiro atoms. The maximum Gasteiger partial charge on any atom is 0.0673 e. The first-order valence-electron chi connectivity index (χ1n) is 8.36. The second kappa shape index (κ2) is 15.1. The Morgan fingerprint density at radius 2 is 1.48 bits per heavy atom. The first-order chi connectivity index (χ1) is 12.1. The van der Waals surface area contributed by atoms with Crippen molar-refractivity contribution in [1.29, 1.82) is 0 Å². The van der Waals surface area contributed by atoms with Crippen LogP contribution < -0.4 is 10.8 Å². The van der Waals surface area contributed by atoms with E-state index in [1.54, 1.807) is 7.11 Å². The molecule has 0 heterocycles. The predicted octanol–water partition coefficient (Wildman–Crippen LogP) is 4.68. The molecule has 0 fully saturated rings. The van der Waals surface area contributed by atoms with Crippen LogP contribution in [0.1, 0.15) is 25.8 Å². The van der Waals surface area contributed by atoms with E-state index in [0.717, 1.165) is 23.6 Å². The van der Waals surface area contributed by atoms with E-state index in [9.17, 15) is 0 Å². The number of terminal acetylenes is 1. The van der Waals surface area contributed by atoms with Crippen LogP contribution in [-0.2, 0) is 4.84 Å². The lowest BCUT2D eigenvalue weighted by Crippen LogP contribution is -2.20.